The van der Waals surface area contributed by atoms with Gasteiger partial charge in [-0.1, -0.05) is 12.8 Å². The van der Waals surface area contributed by atoms with Crippen LogP contribution in [-0.4, -0.2) is 36.9 Å². The van der Waals surface area contributed by atoms with Gasteiger partial charge >= 0.3 is 5.97 Å². The lowest BCUT2D eigenvalue weighted by Gasteiger charge is -2.29. The molecule has 2 atom stereocenters. The summed E-state index contributed by atoms with van der Waals surface area (Å²) in [6.45, 7) is 0.705. The average Bonchev–Trinajstić information content (AvgIpc) is 2.72. The summed E-state index contributed by atoms with van der Waals surface area (Å²) in [5.74, 6) is 1.69. The van der Waals surface area contributed by atoms with Gasteiger partial charge in [-0.15, -0.1) is 10.2 Å². The highest BCUT2D eigenvalue weighted by Crippen LogP contribution is 2.31. The molecule has 1 aromatic heterocycles. The van der Waals surface area contributed by atoms with Crippen molar-refractivity contribution in [2.45, 2.75) is 25.7 Å². The van der Waals surface area contributed by atoms with Gasteiger partial charge in [0, 0.05) is 12.1 Å². The molecule has 3 rings (SSSR count). The number of rotatable bonds is 6. The number of benzene rings is 1. The van der Waals surface area contributed by atoms with Gasteiger partial charge in [-0.3, -0.25) is 4.79 Å². The highest BCUT2D eigenvalue weighted by molar-refractivity contribution is 5.72. The van der Waals surface area contributed by atoms with Crippen LogP contribution in [-0.2, 0) is 9.53 Å². The predicted molar refractivity (Wildman–Crippen MR) is 100.0 cm³/mol. The number of hydrogen-bond donors (Lipinski definition) is 1. The van der Waals surface area contributed by atoms with E-state index in [0.717, 1.165) is 48.5 Å². The third kappa shape index (κ3) is 4.31. The molecular formula is C20H25N3O3. The Kier molecular flexibility index (Phi) is 6.04. The van der Waals surface area contributed by atoms with Crippen LogP contribution in [0, 0.1) is 11.8 Å². The van der Waals surface area contributed by atoms with Crippen molar-refractivity contribution in [3.63, 3.8) is 0 Å². The van der Waals surface area contributed by atoms with Crippen LogP contribution in [0.1, 0.15) is 25.7 Å². The number of hydrogen-bond acceptors (Lipinski definition) is 6. The van der Waals surface area contributed by atoms with Crippen LogP contribution >= 0.6 is 0 Å². The zero-order valence-corrected chi connectivity index (χ0v) is 15.3. The Balaban J connectivity index is 1.60. The number of ether oxygens (including phenoxy) is 2. The maximum Gasteiger partial charge on any atom is 0.309 e. The van der Waals surface area contributed by atoms with Crippen molar-refractivity contribution < 1.29 is 14.3 Å². The smallest absolute Gasteiger partial charge is 0.309 e. The van der Waals surface area contributed by atoms with Gasteiger partial charge in [-0.25, -0.2) is 0 Å². The topological polar surface area (TPSA) is 73.3 Å². The first-order valence-electron chi connectivity index (χ1n) is 9.01. The highest BCUT2D eigenvalue weighted by Gasteiger charge is 2.31. The molecule has 1 aliphatic carbocycles. The van der Waals surface area contributed by atoms with Crippen LogP contribution < -0.4 is 10.1 Å². The minimum atomic E-state index is -0.0996. The summed E-state index contributed by atoms with van der Waals surface area (Å²) in [7, 11) is 3.11. The Morgan fingerprint density at radius 2 is 1.85 bits per heavy atom. The number of anilines is 1. The Morgan fingerprint density at radius 3 is 2.50 bits per heavy atom. The standard InChI is InChI=1S/C20H25N3O3/c1-25-16-9-7-14(8-10-16)18-11-12-19(23-22-18)21-13-15-5-3-4-6-17(15)20(24)26-2/h7-12,15,17H,3-6,13H2,1-2H3,(H,21,23). The fraction of sp³-hybridized carbons (Fsp3) is 0.450. The Morgan fingerprint density at radius 1 is 1.08 bits per heavy atom. The van der Waals surface area contributed by atoms with Crippen molar-refractivity contribution in [1.29, 1.82) is 0 Å². The monoisotopic (exact) mass is 355 g/mol. The molecule has 26 heavy (non-hydrogen) atoms. The van der Waals surface area contributed by atoms with E-state index < -0.39 is 0 Å². The molecule has 6 nitrogen and oxygen atoms in total. The molecule has 0 aliphatic heterocycles. The van der Waals surface area contributed by atoms with Crippen LogP contribution in [0.2, 0.25) is 0 Å². The van der Waals surface area contributed by atoms with Gasteiger partial charge in [0.2, 0.25) is 0 Å². The van der Waals surface area contributed by atoms with Crippen LogP contribution in [0.5, 0.6) is 5.75 Å². The van der Waals surface area contributed by atoms with E-state index in [1.807, 2.05) is 36.4 Å². The molecule has 0 saturated heterocycles. The van der Waals surface area contributed by atoms with Crippen molar-refractivity contribution in [3.05, 3.63) is 36.4 Å². The molecule has 0 radical (unpaired) electrons. The largest absolute Gasteiger partial charge is 0.497 e. The van der Waals surface area contributed by atoms with Gasteiger partial charge in [-0.2, -0.15) is 0 Å². The number of carbonyl (C=O) groups excluding carboxylic acids is 1. The molecular weight excluding hydrogens is 330 g/mol. The van der Waals surface area contributed by atoms with E-state index in [1.165, 1.54) is 7.11 Å². The lowest BCUT2D eigenvalue weighted by atomic mass is 9.79. The normalized spacial score (nSPS) is 19.6. The molecule has 1 aromatic carbocycles. The molecule has 2 aromatic rings. The molecule has 1 heterocycles. The molecule has 138 valence electrons. The summed E-state index contributed by atoms with van der Waals surface area (Å²) < 4.78 is 10.1. The molecule has 6 heteroatoms. The molecule has 1 fully saturated rings. The number of nitrogens with zero attached hydrogens (tertiary/aromatic N) is 2. The molecule has 0 bridgehead atoms. The molecule has 2 unspecified atom stereocenters. The molecule has 0 amide bonds. The highest BCUT2D eigenvalue weighted by atomic mass is 16.5. The van der Waals surface area contributed by atoms with E-state index in [2.05, 4.69) is 15.5 Å². The van der Waals surface area contributed by atoms with Crippen LogP contribution in [0.15, 0.2) is 36.4 Å². The van der Waals surface area contributed by atoms with Crippen LogP contribution in [0.3, 0.4) is 0 Å². The predicted octanol–water partition coefficient (Wildman–Crippen LogP) is 3.54. The number of esters is 1. The van der Waals surface area contributed by atoms with E-state index in [1.54, 1.807) is 7.11 Å². The number of carbonyl (C=O) groups is 1. The summed E-state index contributed by atoms with van der Waals surface area (Å²) in [6.07, 6.45) is 4.18. The lowest BCUT2D eigenvalue weighted by molar-refractivity contribution is -0.148. The maximum absolute atomic E-state index is 11.9. The minimum Gasteiger partial charge on any atom is -0.497 e. The second-order valence-corrected chi connectivity index (χ2v) is 6.59. The van der Waals surface area contributed by atoms with Crippen molar-refractivity contribution in [2.24, 2.45) is 11.8 Å². The van der Waals surface area contributed by atoms with Gasteiger partial charge in [0.1, 0.15) is 11.6 Å². The zero-order chi connectivity index (χ0) is 18.4. The van der Waals surface area contributed by atoms with E-state index in [4.69, 9.17) is 9.47 Å². The average molecular weight is 355 g/mol. The van der Waals surface area contributed by atoms with E-state index >= 15 is 0 Å². The fourth-order valence-electron chi connectivity index (χ4n) is 3.49. The summed E-state index contributed by atoms with van der Waals surface area (Å²) in [5.41, 5.74) is 1.80. The van der Waals surface area contributed by atoms with Gasteiger partial charge in [0.05, 0.1) is 25.8 Å². The summed E-state index contributed by atoms with van der Waals surface area (Å²) in [5, 5.41) is 11.9. The van der Waals surface area contributed by atoms with Gasteiger partial charge in [0.15, 0.2) is 0 Å². The summed E-state index contributed by atoms with van der Waals surface area (Å²) >= 11 is 0. The number of nitrogens with one attached hydrogen (secondary N) is 1. The Bertz CT molecular complexity index is 716. The second-order valence-electron chi connectivity index (χ2n) is 6.59. The first-order chi connectivity index (χ1) is 12.7. The van der Waals surface area contributed by atoms with Gasteiger partial charge in [-0.05, 0) is 55.2 Å². The summed E-state index contributed by atoms with van der Waals surface area (Å²) in [4.78, 5) is 11.9. The molecule has 1 aliphatic rings. The van der Waals surface area contributed by atoms with Crippen LogP contribution in [0.4, 0.5) is 5.82 Å². The van der Waals surface area contributed by atoms with Crippen molar-refractivity contribution in [2.75, 3.05) is 26.1 Å². The first kappa shape index (κ1) is 18.2. The van der Waals surface area contributed by atoms with Gasteiger partial charge in [0.25, 0.3) is 0 Å². The lowest BCUT2D eigenvalue weighted by Crippen LogP contribution is -2.32. The van der Waals surface area contributed by atoms with Crippen molar-refractivity contribution >= 4 is 11.8 Å². The fourth-order valence-corrected chi connectivity index (χ4v) is 3.49. The molecule has 0 spiro atoms. The van der Waals surface area contributed by atoms with Crippen molar-refractivity contribution in [1.82, 2.24) is 10.2 Å². The number of methoxy groups -OCH3 is 2. The zero-order valence-electron chi connectivity index (χ0n) is 15.3. The Labute approximate surface area is 153 Å². The third-order valence-corrected chi connectivity index (χ3v) is 5.01. The van der Waals surface area contributed by atoms with E-state index in [0.29, 0.717) is 6.54 Å². The van der Waals surface area contributed by atoms with Crippen molar-refractivity contribution in [3.8, 4) is 17.0 Å². The number of aromatic nitrogens is 2. The minimum absolute atomic E-state index is 0.0206. The maximum atomic E-state index is 11.9. The molecule has 1 saturated carbocycles. The van der Waals surface area contributed by atoms with Crippen LogP contribution in [0.25, 0.3) is 11.3 Å². The van der Waals surface area contributed by atoms with E-state index in [9.17, 15) is 4.79 Å². The van der Waals surface area contributed by atoms with Gasteiger partial charge < -0.3 is 14.8 Å². The SMILES string of the molecule is COC(=O)C1CCCCC1CNc1ccc(-c2ccc(OC)cc2)nn1. The first-order valence-corrected chi connectivity index (χ1v) is 9.01. The summed E-state index contributed by atoms with van der Waals surface area (Å²) in [6, 6.07) is 11.6. The quantitative estimate of drug-likeness (QED) is 0.799. The Hall–Kier alpha value is -2.63. The second kappa shape index (κ2) is 8.65. The third-order valence-electron chi connectivity index (χ3n) is 5.01. The van der Waals surface area contributed by atoms with E-state index in [-0.39, 0.29) is 17.8 Å². The molecule has 1 N–H and O–H groups in total.